The van der Waals surface area contributed by atoms with E-state index >= 15 is 0 Å². The normalized spacial score (nSPS) is 18.3. The van der Waals surface area contributed by atoms with Gasteiger partial charge in [-0.05, 0) is 45.0 Å². The van der Waals surface area contributed by atoms with E-state index in [0.717, 1.165) is 25.5 Å². The molecule has 1 aliphatic heterocycles. The van der Waals surface area contributed by atoms with Gasteiger partial charge in [-0.15, -0.1) is 0 Å². The standard InChI is InChI=1S/C18H22N4O4/c1-22-9-3-4-11(22)7-8-19-15(25)10-14(24)17-20-16-12(18(26)21-17)5-2-6-13(16)23/h2,5-6,10-11,23-24H,3-4,7-9H2,1H3,(H,19,25)(H,20,21,26). The van der Waals surface area contributed by atoms with E-state index in [-0.39, 0.29) is 22.5 Å². The number of hydrogen-bond donors (Lipinski definition) is 4. The number of nitrogens with zero attached hydrogens (tertiary/aromatic N) is 2. The Kier molecular flexibility index (Phi) is 5.22. The van der Waals surface area contributed by atoms with E-state index in [0.29, 0.717) is 12.6 Å². The van der Waals surface area contributed by atoms with Gasteiger partial charge in [0.25, 0.3) is 5.56 Å². The van der Waals surface area contributed by atoms with E-state index in [1.807, 2.05) is 0 Å². The molecule has 0 saturated carbocycles. The molecule has 8 nitrogen and oxygen atoms in total. The largest absolute Gasteiger partial charge is 0.506 e. The summed E-state index contributed by atoms with van der Waals surface area (Å²) in [5.41, 5.74) is -0.443. The highest BCUT2D eigenvalue weighted by Crippen LogP contribution is 2.20. The maximum atomic E-state index is 12.0. The number of phenolic OH excluding ortho intramolecular Hbond substituents is 1. The highest BCUT2D eigenvalue weighted by molar-refractivity contribution is 5.93. The molecule has 1 unspecified atom stereocenters. The summed E-state index contributed by atoms with van der Waals surface area (Å²) in [5, 5.41) is 22.8. The third-order valence-corrected chi connectivity index (χ3v) is 4.67. The highest BCUT2D eigenvalue weighted by Gasteiger charge is 2.20. The van der Waals surface area contributed by atoms with Crippen molar-refractivity contribution in [3.05, 3.63) is 40.5 Å². The monoisotopic (exact) mass is 358 g/mol. The van der Waals surface area contributed by atoms with Crippen molar-refractivity contribution < 1.29 is 15.0 Å². The lowest BCUT2D eigenvalue weighted by Gasteiger charge is -2.18. The highest BCUT2D eigenvalue weighted by atomic mass is 16.3. The van der Waals surface area contributed by atoms with E-state index in [2.05, 4.69) is 27.2 Å². The summed E-state index contributed by atoms with van der Waals surface area (Å²) < 4.78 is 0. The number of likely N-dealkylation sites (tertiary alicyclic amines) is 1. The van der Waals surface area contributed by atoms with Crippen LogP contribution in [0, 0.1) is 0 Å². The number of H-pyrrole nitrogens is 1. The third-order valence-electron chi connectivity index (χ3n) is 4.67. The van der Waals surface area contributed by atoms with Crippen molar-refractivity contribution in [2.24, 2.45) is 0 Å². The first-order chi connectivity index (χ1) is 12.5. The van der Waals surface area contributed by atoms with Crippen molar-refractivity contribution in [2.75, 3.05) is 20.1 Å². The number of carbonyl (C=O) groups excluding carboxylic acids is 1. The number of carbonyl (C=O) groups is 1. The third kappa shape index (κ3) is 3.85. The molecule has 2 heterocycles. The lowest BCUT2D eigenvalue weighted by atomic mass is 10.1. The van der Waals surface area contributed by atoms with Crippen molar-refractivity contribution in [2.45, 2.75) is 25.3 Å². The molecule has 0 radical (unpaired) electrons. The van der Waals surface area contributed by atoms with Crippen LogP contribution in [-0.4, -0.2) is 57.2 Å². The van der Waals surface area contributed by atoms with Gasteiger partial charge in [0.2, 0.25) is 5.91 Å². The number of amides is 1. The van der Waals surface area contributed by atoms with E-state index in [9.17, 15) is 19.8 Å². The molecule has 1 aliphatic rings. The van der Waals surface area contributed by atoms with Gasteiger partial charge in [0.15, 0.2) is 11.6 Å². The first-order valence-electron chi connectivity index (χ1n) is 8.57. The number of benzene rings is 1. The van der Waals surface area contributed by atoms with Gasteiger partial charge < -0.3 is 25.4 Å². The molecule has 1 atom stereocenters. The number of rotatable bonds is 5. The lowest BCUT2D eigenvalue weighted by Crippen LogP contribution is -2.31. The molecule has 1 saturated heterocycles. The number of aromatic hydroxyl groups is 1. The summed E-state index contributed by atoms with van der Waals surface area (Å²) in [4.78, 5) is 32.7. The van der Waals surface area contributed by atoms with Crippen LogP contribution >= 0.6 is 0 Å². The fourth-order valence-electron chi connectivity index (χ4n) is 3.22. The van der Waals surface area contributed by atoms with Gasteiger partial charge in [-0.1, -0.05) is 6.07 Å². The second kappa shape index (κ2) is 7.57. The summed E-state index contributed by atoms with van der Waals surface area (Å²) >= 11 is 0. The SMILES string of the molecule is CN1CCCC1CCNC(=O)C=C(O)c1nc2c(O)cccc2c(=O)[nH]1. The first-order valence-corrected chi connectivity index (χ1v) is 8.57. The average molecular weight is 358 g/mol. The second-order valence-corrected chi connectivity index (χ2v) is 6.47. The van der Waals surface area contributed by atoms with Crippen LogP contribution in [0.3, 0.4) is 0 Å². The van der Waals surface area contributed by atoms with Crippen LogP contribution in [-0.2, 0) is 4.79 Å². The van der Waals surface area contributed by atoms with E-state index in [1.165, 1.54) is 24.6 Å². The molecule has 0 spiro atoms. The molecule has 3 rings (SSSR count). The summed E-state index contributed by atoms with van der Waals surface area (Å²) in [6.45, 7) is 1.58. The van der Waals surface area contributed by atoms with E-state index in [4.69, 9.17) is 0 Å². The Balaban J connectivity index is 1.69. The predicted molar refractivity (Wildman–Crippen MR) is 97.9 cm³/mol. The summed E-state index contributed by atoms with van der Waals surface area (Å²) in [6, 6.07) is 4.90. The number of fused-ring (bicyclic) bond motifs is 1. The van der Waals surface area contributed by atoms with Gasteiger partial charge in [-0.2, -0.15) is 0 Å². The Morgan fingerprint density at radius 3 is 3.04 bits per heavy atom. The van der Waals surface area contributed by atoms with Crippen LogP contribution in [0.15, 0.2) is 29.1 Å². The van der Waals surface area contributed by atoms with Crippen LogP contribution in [0.25, 0.3) is 16.7 Å². The fraction of sp³-hybridized carbons (Fsp3) is 0.389. The Bertz CT molecular complexity index is 906. The number of aromatic amines is 1. The maximum Gasteiger partial charge on any atom is 0.259 e. The Morgan fingerprint density at radius 1 is 1.50 bits per heavy atom. The van der Waals surface area contributed by atoms with E-state index < -0.39 is 17.2 Å². The fourth-order valence-corrected chi connectivity index (χ4v) is 3.22. The molecular weight excluding hydrogens is 336 g/mol. The zero-order chi connectivity index (χ0) is 18.7. The zero-order valence-electron chi connectivity index (χ0n) is 14.5. The number of aromatic nitrogens is 2. The van der Waals surface area contributed by atoms with Gasteiger partial charge in [-0.25, -0.2) is 4.98 Å². The molecular formula is C18H22N4O4. The minimum absolute atomic E-state index is 0.0656. The number of phenols is 1. The van der Waals surface area contributed by atoms with Crippen molar-refractivity contribution in [1.82, 2.24) is 20.2 Å². The summed E-state index contributed by atoms with van der Waals surface area (Å²) in [7, 11) is 2.07. The molecule has 0 bridgehead atoms. The Labute approximate surface area is 150 Å². The van der Waals surface area contributed by atoms with Crippen LogP contribution in [0.1, 0.15) is 25.1 Å². The van der Waals surface area contributed by atoms with Crippen LogP contribution in [0.2, 0.25) is 0 Å². The van der Waals surface area contributed by atoms with Crippen LogP contribution in [0.5, 0.6) is 5.75 Å². The first kappa shape index (κ1) is 17.9. The second-order valence-electron chi connectivity index (χ2n) is 6.47. The number of nitrogens with one attached hydrogen (secondary N) is 2. The summed E-state index contributed by atoms with van der Waals surface area (Å²) in [5.74, 6) is -1.28. The molecule has 1 aromatic carbocycles. The molecule has 1 aromatic heterocycles. The van der Waals surface area contributed by atoms with Crippen molar-refractivity contribution in [3.8, 4) is 5.75 Å². The van der Waals surface area contributed by atoms with Gasteiger partial charge >= 0.3 is 0 Å². The van der Waals surface area contributed by atoms with Crippen LogP contribution in [0.4, 0.5) is 0 Å². The quantitative estimate of drug-likeness (QED) is 0.470. The molecule has 1 amide bonds. The van der Waals surface area contributed by atoms with E-state index in [1.54, 1.807) is 0 Å². The topological polar surface area (TPSA) is 119 Å². The number of hydrogen-bond acceptors (Lipinski definition) is 6. The van der Waals surface area contributed by atoms with Crippen molar-refractivity contribution >= 4 is 22.6 Å². The van der Waals surface area contributed by atoms with Crippen molar-refractivity contribution in [1.29, 1.82) is 0 Å². The lowest BCUT2D eigenvalue weighted by molar-refractivity contribution is -0.116. The van der Waals surface area contributed by atoms with Gasteiger partial charge in [0, 0.05) is 18.7 Å². The molecule has 8 heteroatoms. The number of aliphatic hydroxyl groups is 1. The molecule has 26 heavy (non-hydrogen) atoms. The summed E-state index contributed by atoms with van der Waals surface area (Å²) in [6.07, 6.45) is 4.11. The molecule has 4 N–H and O–H groups in total. The van der Waals surface area contributed by atoms with Gasteiger partial charge in [-0.3, -0.25) is 9.59 Å². The molecule has 2 aromatic rings. The van der Waals surface area contributed by atoms with Gasteiger partial charge in [0.05, 0.1) is 5.39 Å². The maximum absolute atomic E-state index is 12.0. The molecule has 0 aliphatic carbocycles. The minimum Gasteiger partial charge on any atom is -0.506 e. The predicted octanol–water partition coefficient (Wildman–Crippen LogP) is 1.13. The van der Waals surface area contributed by atoms with Crippen molar-refractivity contribution in [3.63, 3.8) is 0 Å². The average Bonchev–Trinajstić information content (AvgIpc) is 3.00. The molecule has 138 valence electrons. The Morgan fingerprint density at radius 2 is 2.31 bits per heavy atom. The Hall–Kier alpha value is -2.87. The van der Waals surface area contributed by atoms with Crippen LogP contribution < -0.4 is 10.9 Å². The minimum atomic E-state index is -0.509. The molecule has 1 fully saturated rings. The van der Waals surface area contributed by atoms with Gasteiger partial charge in [0.1, 0.15) is 11.3 Å². The number of para-hydroxylation sites is 1. The number of aliphatic hydroxyl groups excluding tert-OH is 1. The zero-order valence-corrected chi connectivity index (χ0v) is 14.5. The smallest absolute Gasteiger partial charge is 0.259 e.